The lowest BCUT2D eigenvalue weighted by molar-refractivity contribution is 0.406. The Labute approximate surface area is 157 Å². The lowest BCUT2D eigenvalue weighted by atomic mass is 9.96. The van der Waals surface area contributed by atoms with E-state index >= 15 is 0 Å². The third-order valence-electron chi connectivity index (χ3n) is 5.19. The average molecular weight is 368 g/mol. The number of aromatic nitrogens is 2. The molecule has 2 heterocycles. The van der Waals surface area contributed by atoms with Crippen LogP contribution in [0.15, 0.2) is 35.1 Å². The quantitative estimate of drug-likeness (QED) is 0.705. The second kappa shape index (κ2) is 7.33. The summed E-state index contributed by atoms with van der Waals surface area (Å²) in [4.78, 5) is 22.7. The second-order valence-electron chi connectivity index (χ2n) is 7.42. The van der Waals surface area contributed by atoms with Crippen LogP contribution in [0, 0.1) is 5.92 Å². The maximum absolute atomic E-state index is 12.7. The highest BCUT2D eigenvalue weighted by Gasteiger charge is 2.20. The predicted octanol–water partition coefficient (Wildman–Crippen LogP) is 4.35. The Morgan fingerprint density at radius 3 is 2.73 bits per heavy atom. The number of hydrogen-bond acceptors (Lipinski definition) is 4. The standard InChI is InChI=1S/C21H25N3OS/c1-13(2)19(14-8-4-3-5-9-14)22-12-17-23-20(25)18-15-10-6-7-11-16(15)26-21(18)24-17/h3-5,8-9,13,19,22H,6-7,10-12H2,1-2H3,(H,23,24,25)/t19-/m0/s1. The Morgan fingerprint density at radius 1 is 1.19 bits per heavy atom. The lowest BCUT2D eigenvalue weighted by Crippen LogP contribution is -2.27. The molecule has 1 aliphatic rings. The van der Waals surface area contributed by atoms with Gasteiger partial charge in [0.05, 0.1) is 11.9 Å². The minimum atomic E-state index is 0.0204. The molecule has 1 aliphatic carbocycles. The van der Waals surface area contributed by atoms with E-state index in [0.29, 0.717) is 12.5 Å². The predicted molar refractivity (Wildman–Crippen MR) is 108 cm³/mol. The van der Waals surface area contributed by atoms with E-state index < -0.39 is 0 Å². The van der Waals surface area contributed by atoms with Gasteiger partial charge in [-0.3, -0.25) is 4.79 Å². The first-order valence-corrected chi connectivity index (χ1v) is 10.3. The fourth-order valence-corrected chi connectivity index (χ4v) is 5.18. The van der Waals surface area contributed by atoms with Crippen LogP contribution in [0.5, 0.6) is 0 Å². The van der Waals surface area contributed by atoms with Crippen LogP contribution in [0.2, 0.25) is 0 Å². The van der Waals surface area contributed by atoms with Crippen LogP contribution < -0.4 is 10.9 Å². The van der Waals surface area contributed by atoms with Gasteiger partial charge in [-0.15, -0.1) is 11.3 Å². The van der Waals surface area contributed by atoms with E-state index in [-0.39, 0.29) is 11.6 Å². The number of nitrogens with zero attached hydrogens (tertiary/aromatic N) is 1. The Bertz CT molecular complexity index is 959. The van der Waals surface area contributed by atoms with Gasteiger partial charge in [0.1, 0.15) is 10.7 Å². The molecule has 2 aromatic heterocycles. The van der Waals surface area contributed by atoms with Gasteiger partial charge in [0, 0.05) is 10.9 Å². The van der Waals surface area contributed by atoms with Gasteiger partial charge in [-0.2, -0.15) is 0 Å². The van der Waals surface area contributed by atoms with Gasteiger partial charge in [-0.05, 0) is 42.7 Å². The molecule has 0 spiro atoms. The van der Waals surface area contributed by atoms with Crippen LogP contribution in [-0.4, -0.2) is 9.97 Å². The van der Waals surface area contributed by atoms with E-state index in [1.807, 2.05) is 6.07 Å². The number of hydrogen-bond donors (Lipinski definition) is 2. The van der Waals surface area contributed by atoms with E-state index in [0.717, 1.165) is 28.9 Å². The number of aryl methyl sites for hydroxylation is 2. The minimum absolute atomic E-state index is 0.0204. The molecular formula is C21H25N3OS. The summed E-state index contributed by atoms with van der Waals surface area (Å²) in [7, 11) is 0. The van der Waals surface area contributed by atoms with E-state index in [9.17, 15) is 4.79 Å². The summed E-state index contributed by atoms with van der Waals surface area (Å²) in [6.07, 6.45) is 4.50. The molecule has 0 amide bonds. The number of nitrogens with one attached hydrogen (secondary N) is 2. The molecule has 26 heavy (non-hydrogen) atoms. The molecule has 4 nitrogen and oxygen atoms in total. The summed E-state index contributed by atoms with van der Waals surface area (Å²) < 4.78 is 0. The third-order valence-corrected chi connectivity index (χ3v) is 6.37. The highest BCUT2D eigenvalue weighted by molar-refractivity contribution is 7.18. The van der Waals surface area contributed by atoms with Gasteiger partial charge in [0.2, 0.25) is 0 Å². The molecule has 0 saturated heterocycles. The molecule has 5 heteroatoms. The molecule has 0 radical (unpaired) electrons. The summed E-state index contributed by atoms with van der Waals surface area (Å²) in [5, 5.41) is 4.41. The molecule has 0 bridgehead atoms. The van der Waals surface area contributed by atoms with E-state index in [2.05, 4.69) is 48.4 Å². The van der Waals surface area contributed by atoms with Crippen LogP contribution in [0.3, 0.4) is 0 Å². The lowest BCUT2D eigenvalue weighted by Gasteiger charge is -2.22. The summed E-state index contributed by atoms with van der Waals surface area (Å²) in [6.45, 7) is 4.97. The van der Waals surface area contributed by atoms with Crippen molar-refractivity contribution in [1.29, 1.82) is 0 Å². The largest absolute Gasteiger partial charge is 0.309 e. The molecule has 4 rings (SSSR count). The van der Waals surface area contributed by atoms with Crippen molar-refractivity contribution in [3.05, 3.63) is 62.5 Å². The number of rotatable bonds is 5. The first-order chi connectivity index (χ1) is 12.6. The average Bonchev–Trinajstić information content (AvgIpc) is 3.01. The van der Waals surface area contributed by atoms with Crippen LogP contribution in [0.4, 0.5) is 0 Å². The monoisotopic (exact) mass is 367 g/mol. The molecule has 1 aromatic carbocycles. The summed E-state index contributed by atoms with van der Waals surface area (Å²) >= 11 is 1.71. The number of thiophene rings is 1. The Balaban J connectivity index is 1.60. The van der Waals surface area contributed by atoms with E-state index in [1.54, 1.807) is 11.3 Å². The zero-order chi connectivity index (χ0) is 18.1. The first kappa shape index (κ1) is 17.4. The molecular weight excluding hydrogens is 342 g/mol. The second-order valence-corrected chi connectivity index (χ2v) is 8.50. The summed E-state index contributed by atoms with van der Waals surface area (Å²) in [5.74, 6) is 1.17. The first-order valence-electron chi connectivity index (χ1n) is 9.45. The van der Waals surface area contributed by atoms with Crippen molar-refractivity contribution in [2.75, 3.05) is 0 Å². The topological polar surface area (TPSA) is 57.8 Å². The van der Waals surface area contributed by atoms with E-state index in [1.165, 1.54) is 28.8 Å². The zero-order valence-corrected chi connectivity index (χ0v) is 16.2. The molecule has 0 aliphatic heterocycles. The smallest absolute Gasteiger partial charge is 0.259 e. The molecule has 1 atom stereocenters. The van der Waals surface area contributed by atoms with Gasteiger partial charge in [0.15, 0.2) is 0 Å². The SMILES string of the molecule is CC(C)[C@H](NCc1nc2sc3c(c2c(=O)[nH]1)CCCC3)c1ccccc1. The number of H-pyrrole nitrogens is 1. The molecule has 0 saturated carbocycles. The maximum atomic E-state index is 12.7. The van der Waals surface area contributed by atoms with Crippen molar-refractivity contribution in [2.45, 2.75) is 52.1 Å². The van der Waals surface area contributed by atoms with Gasteiger partial charge < -0.3 is 10.3 Å². The fourth-order valence-electron chi connectivity index (χ4n) is 3.90. The fraction of sp³-hybridized carbons (Fsp3) is 0.429. The van der Waals surface area contributed by atoms with Crippen molar-refractivity contribution >= 4 is 21.6 Å². The highest BCUT2D eigenvalue weighted by Crippen LogP contribution is 2.33. The highest BCUT2D eigenvalue weighted by atomic mass is 32.1. The molecule has 136 valence electrons. The van der Waals surface area contributed by atoms with E-state index in [4.69, 9.17) is 4.98 Å². The van der Waals surface area contributed by atoms with Crippen molar-refractivity contribution in [3.63, 3.8) is 0 Å². The molecule has 3 aromatic rings. The minimum Gasteiger partial charge on any atom is -0.309 e. The molecule has 0 unspecified atom stereocenters. The third kappa shape index (κ3) is 3.33. The van der Waals surface area contributed by atoms with Crippen LogP contribution in [0.25, 0.3) is 10.2 Å². The maximum Gasteiger partial charge on any atom is 0.259 e. The number of aromatic amines is 1. The van der Waals surface area contributed by atoms with Crippen molar-refractivity contribution < 1.29 is 0 Å². The molecule has 0 fully saturated rings. The van der Waals surface area contributed by atoms with Crippen LogP contribution in [0.1, 0.15) is 54.6 Å². The van der Waals surface area contributed by atoms with Crippen molar-refractivity contribution in [1.82, 2.24) is 15.3 Å². The zero-order valence-electron chi connectivity index (χ0n) is 15.3. The number of benzene rings is 1. The Kier molecular flexibility index (Phi) is 4.92. The Hall–Kier alpha value is -1.98. The van der Waals surface area contributed by atoms with Crippen molar-refractivity contribution in [3.8, 4) is 0 Å². The summed E-state index contributed by atoms with van der Waals surface area (Å²) in [6, 6.07) is 10.7. The van der Waals surface area contributed by atoms with Crippen LogP contribution >= 0.6 is 11.3 Å². The van der Waals surface area contributed by atoms with Gasteiger partial charge >= 0.3 is 0 Å². The Morgan fingerprint density at radius 2 is 1.96 bits per heavy atom. The van der Waals surface area contributed by atoms with Crippen molar-refractivity contribution in [2.24, 2.45) is 5.92 Å². The number of fused-ring (bicyclic) bond motifs is 3. The normalized spacial score (nSPS) is 15.3. The van der Waals surface area contributed by atoms with Crippen LogP contribution in [-0.2, 0) is 19.4 Å². The molecule has 2 N–H and O–H groups in total. The van der Waals surface area contributed by atoms with Gasteiger partial charge in [-0.25, -0.2) is 4.98 Å². The van der Waals surface area contributed by atoms with Gasteiger partial charge in [-0.1, -0.05) is 44.2 Å². The summed E-state index contributed by atoms with van der Waals surface area (Å²) in [5.41, 5.74) is 2.53. The van der Waals surface area contributed by atoms with Gasteiger partial charge in [0.25, 0.3) is 5.56 Å².